The minimum Gasteiger partial charge on any atom is -0.480 e. The van der Waals surface area contributed by atoms with E-state index in [0.29, 0.717) is 6.42 Å². The fourth-order valence-corrected chi connectivity index (χ4v) is 2.16. The minimum absolute atomic E-state index is 0.381. The van der Waals surface area contributed by atoms with Gasteiger partial charge < -0.3 is 10.4 Å². The minimum atomic E-state index is -0.748. The molecule has 0 rings (SSSR count). The monoisotopic (exact) mass is 219 g/mol. The molecule has 0 fully saturated rings. The number of carbonyl (C=O) groups is 1. The predicted molar refractivity (Wildman–Crippen MR) is 62.0 cm³/mol. The molecule has 0 aromatic heterocycles. The molecular weight excluding hydrogens is 198 g/mol. The number of carboxylic acids is 1. The lowest BCUT2D eigenvalue weighted by Crippen LogP contribution is -2.34. The molecule has 0 heterocycles. The van der Waals surface area contributed by atoms with E-state index in [2.05, 4.69) is 12.2 Å². The van der Waals surface area contributed by atoms with Gasteiger partial charge in [0.15, 0.2) is 0 Å². The number of unbranched alkanes of at least 4 members (excludes halogenated alkanes) is 2. The first-order chi connectivity index (χ1) is 6.72. The van der Waals surface area contributed by atoms with Gasteiger partial charge in [-0.15, -0.1) is 0 Å². The van der Waals surface area contributed by atoms with Gasteiger partial charge in [-0.25, -0.2) is 0 Å². The molecule has 0 aromatic carbocycles. The second-order valence-corrected chi connectivity index (χ2v) is 4.51. The Morgan fingerprint density at radius 3 is 2.64 bits per heavy atom. The summed E-state index contributed by atoms with van der Waals surface area (Å²) in [5, 5.41) is 11.5. The van der Waals surface area contributed by atoms with Crippen LogP contribution < -0.4 is 5.32 Å². The molecule has 2 N–H and O–H groups in total. The summed E-state index contributed by atoms with van der Waals surface area (Å²) in [5.41, 5.74) is 0. The van der Waals surface area contributed by atoms with Crippen LogP contribution in [0.3, 0.4) is 0 Å². The standard InChI is InChI=1S/C10H21NO2S/c1-3-4-5-7-14-8-6-9(11-2)10(12)13/h9,11H,3-8H2,1-2H3,(H,12,13). The Hall–Kier alpha value is -0.220. The van der Waals surface area contributed by atoms with Crippen LogP contribution >= 0.6 is 11.8 Å². The number of thioether (sulfide) groups is 1. The maximum atomic E-state index is 10.6. The average molecular weight is 219 g/mol. The number of nitrogens with one attached hydrogen (secondary N) is 1. The van der Waals surface area contributed by atoms with Gasteiger partial charge in [0.05, 0.1) is 0 Å². The number of likely N-dealkylation sites (N-methyl/N-ethyl adjacent to an activating group) is 1. The zero-order valence-corrected chi connectivity index (χ0v) is 9.90. The zero-order chi connectivity index (χ0) is 10.8. The van der Waals surface area contributed by atoms with Crippen LogP contribution in [-0.4, -0.2) is 35.7 Å². The number of carboxylic acid groups (broad SMARTS) is 1. The van der Waals surface area contributed by atoms with Crippen LogP contribution in [0.1, 0.15) is 32.6 Å². The summed E-state index contributed by atoms with van der Waals surface area (Å²) in [6.45, 7) is 2.19. The van der Waals surface area contributed by atoms with Crippen molar-refractivity contribution < 1.29 is 9.90 Å². The molecular formula is C10H21NO2S. The Balaban J connectivity index is 3.29. The van der Waals surface area contributed by atoms with Crippen molar-refractivity contribution in [2.45, 2.75) is 38.6 Å². The predicted octanol–water partition coefficient (Wildman–Crippen LogP) is 1.97. The fourth-order valence-electron chi connectivity index (χ4n) is 1.15. The van der Waals surface area contributed by atoms with Crippen LogP contribution in [0.2, 0.25) is 0 Å². The molecule has 14 heavy (non-hydrogen) atoms. The smallest absolute Gasteiger partial charge is 0.320 e. The SMILES string of the molecule is CCCCCSCCC(NC)C(=O)O. The van der Waals surface area contributed by atoms with Crippen LogP contribution in [-0.2, 0) is 4.79 Å². The van der Waals surface area contributed by atoms with Crippen molar-refractivity contribution in [1.82, 2.24) is 5.32 Å². The molecule has 0 aliphatic carbocycles. The molecule has 84 valence electrons. The van der Waals surface area contributed by atoms with E-state index < -0.39 is 5.97 Å². The van der Waals surface area contributed by atoms with Gasteiger partial charge in [0, 0.05) is 0 Å². The number of hydrogen-bond acceptors (Lipinski definition) is 3. The van der Waals surface area contributed by atoms with Crippen molar-refractivity contribution in [3.05, 3.63) is 0 Å². The van der Waals surface area contributed by atoms with E-state index in [9.17, 15) is 4.79 Å². The van der Waals surface area contributed by atoms with E-state index in [1.165, 1.54) is 19.3 Å². The maximum Gasteiger partial charge on any atom is 0.320 e. The average Bonchev–Trinajstić information content (AvgIpc) is 2.16. The van der Waals surface area contributed by atoms with E-state index in [1.807, 2.05) is 11.8 Å². The van der Waals surface area contributed by atoms with Crippen LogP contribution in [0, 0.1) is 0 Å². The third-order valence-corrected chi connectivity index (χ3v) is 3.19. The molecule has 0 spiro atoms. The molecule has 0 aliphatic heterocycles. The molecule has 0 aromatic rings. The lowest BCUT2D eigenvalue weighted by Gasteiger charge is -2.09. The van der Waals surface area contributed by atoms with Crippen molar-refractivity contribution in [3.63, 3.8) is 0 Å². The number of aliphatic carboxylic acids is 1. The fraction of sp³-hybridized carbons (Fsp3) is 0.900. The Morgan fingerprint density at radius 1 is 1.43 bits per heavy atom. The Morgan fingerprint density at radius 2 is 2.14 bits per heavy atom. The number of rotatable bonds is 9. The van der Waals surface area contributed by atoms with Gasteiger partial charge >= 0.3 is 5.97 Å². The summed E-state index contributed by atoms with van der Waals surface area (Å²) in [6.07, 6.45) is 4.48. The quantitative estimate of drug-likeness (QED) is 0.582. The summed E-state index contributed by atoms with van der Waals surface area (Å²) < 4.78 is 0. The third-order valence-electron chi connectivity index (χ3n) is 2.09. The summed E-state index contributed by atoms with van der Waals surface area (Å²) in [7, 11) is 1.69. The molecule has 3 nitrogen and oxygen atoms in total. The van der Waals surface area contributed by atoms with E-state index >= 15 is 0 Å². The lowest BCUT2D eigenvalue weighted by molar-refractivity contribution is -0.139. The molecule has 0 saturated carbocycles. The molecule has 0 radical (unpaired) electrons. The maximum absolute atomic E-state index is 10.6. The van der Waals surface area contributed by atoms with Gasteiger partial charge in [-0.3, -0.25) is 4.79 Å². The molecule has 0 bridgehead atoms. The van der Waals surface area contributed by atoms with Gasteiger partial charge in [-0.2, -0.15) is 11.8 Å². The largest absolute Gasteiger partial charge is 0.480 e. The highest BCUT2D eigenvalue weighted by atomic mass is 32.2. The Kier molecular flexibility index (Phi) is 9.19. The van der Waals surface area contributed by atoms with Crippen LogP contribution in [0.5, 0.6) is 0 Å². The first-order valence-electron chi connectivity index (χ1n) is 5.20. The van der Waals surface area contributed by atoms with Gasteiger partial charge in [-0.1, -0.05) is 19.8 Å². The molecule has 0 saturated heterocycles. The van der Waals surface area contributed by atoms with Crippen molar-refractivity contribution in [3.8, 4) is 0 Å². The van der Waals surface area contributed by atoms with Gasteiger partial charge in [0.2, 0.25) is 0 Å². The molecule has 0 aliphatic rings. The molecule has 0 amide bonds. The molecule has 4 heteroatoms. The lowest BCUT2D eigenvalue weighted by atomic mass is 10.2. The van der Waals surface area contributed by atoms with E-state index in [1.54, 1.807) is 7.05 Å². The van der Waals surface area contributed by atoms with Crippen molar-refractivity contribution >= 4 is 17.7 Å². The third kappa shape index (κ3) is 7.21. The topological polar surface area (TPSA) is 49.3 Å². The van der Waals surface area contributed by atoms with Crippen LogP contribution in [0.25, 0.3) is 0 Å². The van der Waals surface area contributed by atoms with E-state index in [0.717, 1.165) is 11.5 Å². The van der Waals surface area contributed by atoms with E-state index in [4.69, 9.17) is 5.11 Å². The molecule has 1 atom stereocenters. The van der Waals surface area contributed by atoms with E-state index in [-0.39, 0.29) is 6.04 Å². The highest BCUT2D eigenvalue weighted by Crippen LogP contribution is 2.08. The van der Waals surface area contributed by atoms with Crippen molar-refractivity contribution in [2.24, 2.45) is 0 Å². The van der Waals surface area contributed by atoms with Crippen LogP contribution in [0.4, 0.5) is 0 Å². The first kappa shape index (κ1) is 13.8. The van der Waals surface area contributed by atoms with Crippen LogP contribution in [0.15, 0.2) is 0 Å². The second kappa shape index (κ2) is 9.34. The van der Waals surface area contributed by atoms with Crippen molar-refractivity contribution in [2.75, 3.05) is 18.6 Å². The Labute approximate surface area is 90.7 Å². The normalized spacial score (nSPS) is 12.7. The summed E-state index contributed by atoms with van der Waals surface area (Å²) in [6, 6.07) is -0.381. The van der Waals surface area contributed by atoms with Gasteiger partial charge in [0.25, 0.3) is 0 Å². The van der Waals surface area contributed by atoms with Gasteiger partial charge in [-0.05, 0) is 31.4 Å². The summed E-state index contributed by atoms with van der Waals surface area (Å²) >= 11 is 1.85. The molecule has 1 unspecified atom stereocenters. The first-order valence-corrected chi connectivity index (χ1v) is 6.35. The summed E-state index contributed by atoms with van der Waals surface area (Å²) in [4.78, 5) is 10.6. The summed E-state index contributed by atoms with van der Waals surface area (Å²) in [5.74, 6) is 1.34. The highest BCUT2D eigenvalue weighted by Gasteiger charge is 2.13. The van der Waals surface area contributed by atoms with Crippen molar-refractivity contribution in [1.29, 1.82) is 0 Å². The highest BCUT2D eigenvalue weighted by molar-refractivity contribution is 7.99. The Bertz CT molecular complexity index is 153. The second-order valence-electron chi connectivity index (χ2n) is 3.29. The van der Waals surface area contributed by atoms with Gasteiger partial charge in [0.1, 0.15) is 6.04 Å². The zero-order valence-electron chi connectivity index (χ0n) is 9.08. The number of hydrogen-bond donors (Lipinski definition) is 2.